The van der Waals surface area contributed by atoms with E-state index in [0.717, 1.165) is 11.3 Å². The number of nitro groups is 1. The van der Waals surface area contributed by atoms with E-state index in [4.69, 9.17) is 4.74 Å². The molecule has 9 nitrogen and oxygen atoms in total. The number of benzene rings is 2. The number of anilines is 1. The van der Waals surface area contributed by atoms with Gasteiger partial charge in [0.1, 0.15) is 0 Å². The van der Waals surface area contributed by atoms with Crippen molar-refractivity contribution in [1.29, 1.82) is 0 Å². The molecule has 1 atom stereocenters. The molecule has 4 rings (SSSR count). The number of fused-ring (bicyclic) bond motifs is 1. The van der Waals surface area contributed by atoms with Gasteiger partial charge in [0.25, 0.3) is 11.2 Å². The normalized spacial score (nSPS) is 15.4. The fourth-order valence-electron chi connectivity index (χ4n) is 3.94. The molecule has 0 fully saturated rings. The molecule has 1 aliphatic heterocycles. The van der Waals surface area contributed by atoms with Crippen LogP contribution in [0.2, 0.25) is 0 Å². The molecular formula is C25H24N4O5S. The summed E-state index contributed by atoms with van der Waals surface area (Å²) in [6, 6.07) is 13.0. The van der Waals surface area contributed by atoms with E-state index < -0.39 is 16.9 Å². The van der Waals surface area contributed by atoms with Crippen molar-refractivity contribution in [3.63, 3.8) is 0 Å². The lowest BCUT2D eigenvalue weighted by Gasteiger charge is -2.25. The molecular weight excluding hydrogens is 468 g/mol. The number of allylic oxidation sites excluding steroid dienone is 1. The van der Waals surface area contributed by atoms with Crippen molar-refractivity contribution in [3.8, 4) is 0 Å². The van der Waals surface area contributed by atoms with Crippen LogP contribution in [0.5, 0.6) is 0 Å². The molecule has 35 heavy (non-hydrogen) atoms. The SMILES string of the molecule is CCOC(=O)C1=C(C)N=c2s/c(=C/c3cccc([N+](=O)[O-])c3)c(=O)n2[C@@H]1c1ccc(N(C)C)cc1. The van der Waals surface area contributed by atoms with Gasteiger partial charge in [-0.1, -0.05) is 35.6 Å². The Bertz CT molecular complexity index is 1520. The molecule has 0 radical (unpaired) electrons. The minimum atomic E-state index is -0.714. The Kier molecular flexibility index (Phi) is 6.65. The molecule has 3 aromatic rings. The molecule has 0 aliphatic carbocycles. The van der Waals surface area contributed by atoms with Crippen molar-refractivity contribution in [3.05, 3.63) is 101 Å². The molecule has 0 amide bonds. The molecule has 0 bridgehead atoms. The van der Waals surface area contributed by atoms with Gasteiger partial charge in [-0.05, 0) is 43.2 Å². The van der Waals surface area contributed by atoms with Crippen LogP contribution in [0.1, 0.15) is 31.0 Å². The van der Waals surface area contributed by atoms with E-state index in [1.54, 1.807) is 32.1 Å². The van der Waals surface area contributed by atoms with E-state index in [2.05, 4.69) is 4.99 Å². The van der Waals surface area contributed by atoms with Crippen molar-refractivity contribution in [2.75, 3.05) is 25.6 Å². The Morgan fingerprint density at radius 3 is 2.60 bits per heavy atom. The highest BCUT2D eigenvalue weighted by molar-refractivity contribution is 7.07. The van der Waals surface area contributed by atoms with Crippen molar-refractivity contribution in [1.82, 2.24) is 4.57 Å². The van der Waals surface area contributed by atoms with E-state index in [-0.39, 0.29) is 17.9 Å². The molecule has 2 aromatic carbocycles. The maximum Gasteiger partial charge on any atom is 0.338 e. The van der Waals surface area contributed by atoms with Gasteiger partial charge >= 0.3 is 5.97 Å². The van der Waals surface area contributed by atoms with E-state index >= 15 is 0 Å². The predicted octanol–water partition coefficient (Wildman–Crippen LogP) is 2.77. The van der Waals surface area contributed by atoms with Gasteiger partial charge < -0.3 is 9.64 Å². The van der Waals surface area contributed by atoms with Gasteiger partial charge in [-0.3, -0.25) is 19.5 Å². The lowest BCUT2D eigenvalue weighted by Crippen LogP contribution is -2.39. The van der Waals surface area contributed by atoms with Crippen molar-refractivity contribution in [2.24, 2.45) is 4.99 Å². The quantitative estimate of drug-likeness (QED) is 0.298. The topological polar surface area (TPSA) is 107 Å². The number of carbonyl (C=O) groups is 1. The maximum atomic E-state index is 13.6. The standard InChI is InChI=1S/C25H24N4O5S/c1-5-34-24(31)21-15(2)26-25-28(22(21)17-9-11-18(12-10-17)27(3)4)23(30)20(35-25)14-16-7-6-8-19(13-16)29(32)33/h6-14,22H,5H2,1-4H3/b20-14+/t22-/m1/s1. The maximum absolute atomic E-state index is 13.6. The number of esters is 1. The first-order chi connectivity index (χ1) is 16.7. The average Bonchev–Trinajstić information content (AvgIpc) is 3.12. The van der Waals surface area contributed by atoms with Gasteiger partial charge in [0, 0.05) is 31.9 Å². The van der Waals surface area contributed by atoms with Crippen LogP contribution in [0, 0.1) is 10.1 Å². The van der Waals surface area contributed by atoms with Gasteiger partial charge in [0.15, 0.2) is 4.80 Å². The molecule has 2 heterocycles. The molecule has 0 saturated heterocycles. The Hall–Kier alpha value is -4.05. The number of rotatable bonds is 6. The van der Waals surface area contributed by atoms with Crippen molar-refractivity contribution < 1.29 is 14.5 Å². The molecule has 1 aliphatic rings. The first-order valence-corrected chi connectivity index (χ1v) is 11.7. The van der Waals surface area contributed by atoms with E-state index in [1.807, 2.05) is 43.3 Å². The van der Waals surface area contributed by atoms with Crippen LogP contribution in [-0.4, -0.2) is 36.2 Å². The Morgan fingerprint density at radius 2 is 1.97 bits per heavy atom. The number of thiazole rings is 1. The molecule has 0 spiro atoms. The van der Waals surface area contributed by atoms with Crippen LogP contribution < -0.4 is 19.8 Å². The van der Waals surface area contributed by atoms with Crippen molar-refractivity contribution >= 4 is 34.8 Å². The number of aromatic nitrogens is 1. The van der Waals surface area contributed by atoms with Crippen molar-refractivity contribution in [2.45, 2.75) is 19.9 Å². The molecule has 10 heteroatoms. The summed E-state index contributed by atoms with van der Waals surface area (Å²) in [7, 11) is 3.86. The number of nitro benzene ring substituents is 1. The predicted molar refractivity (Wildman–Crippen MR) is 134 cm³/mol. The zero-order valence-electron chi connectivity index (χ0n) is 19.7. The lowest BCUT2D eigenvalue weighted by atomic mass is 9.95. The lowest BCUT2D eigenvalue weighted by molar-refractivity contribution is -0.384. The number of nitrogens with zero attached hydrogens (tertiary/aromatic N) is 4. The number of non-ortho nitro benzene ring substituents is 1. The largest absolute Gasteiger partial charge is 0.463 e. The van der Waals surface area contributed by atoms with Gasteiger partial charge in [0.05, 0.1) is 33.4 Å². The summed E-state index contributed by atoms with van der Waals surface area (Å²) < 4.78 is 7.17. The highest BCUT2D eigenvalue weighted by atomic mass is 32.1. The third kappa shape index (κ3) is 4.65. The second-order valence-corrected chi connectivity index (χ2v) is 9.15. The summed E-state index contributed by atoms with van der Waals surface area (Å²) in [5.74, 6) is -0.525. The highest BCUT2D eigenvalue weighted by Gasteiger charge is 2.33. The zero-order chi connectivity index (χ0) is 25.3. The third-order valence-electron chi connectivity index (χ3n) is 5.62. The Balaban J connectivity index is 1.92. The summed E-state index contributed by atoms with van der Waals surface area (Å²) in [5.41, 5.74) is 2.63. The molecule has 180 valence electrons. The second kappa shape index (κ2) is 9.67. The van der Waals surface area contributed by atoms with Gasteiger partial charge in [-0.2, -0.15) is 0 Å². The first kappa shape index (κ1) is 24.1. The van der Waals surface area contributed by atoms with Crippen LogP contribution in [0.15, 0.2) is 69.6 Å². The summed E-state index contributed by atoms with van der Waals surface area (Å²) in [5, 5.41) is 11.1. The molecule has 0 N–H and O–H groups in total. The van der Waals surface area contributed by atoms with Crippen LogP contribution >= 0.6 is 11.3 Å². The minimum Gasteiger partial charge on any atom is -0.463 e. The monoisotopic (exact) mass is 492 g/mol. The number of hydrogen-bond acceptors (Lipinski definition) is 8. The summed E-state index contributed by atoms with van der Waals surface area (Å²) in [6.45, 7) is 3.65. The second-order valence-electron chi connectivity index (χ2n) is 8.14. The fourth-order valence-corrected chi connectivity index (χ4v) is 4.99. The highest BCUT2D eigenvalue weighted by Crippen LogP contribution is 2.31. The minimum absolute atomic E-state index is 0.0641. The fraction of sp³-hybridized carbons (Fsp3) is 0.240. The Morgan fingerprint density at radius 1 is 1.26 bits per heavy atom. The summed E-state index contributed by atoms with van der Waals surface area (Å²) in [6.07, 6.45) is 1.60. The number of ether oxygens (including phenoxy) is 1. The van der Waals surface area contributed by atoms with E-state index in [0.29, 0.717) is 26.2 Å². The molecule has 1 aromatic heterocycles. The van der Waals surface area contributed by atoms with Crippen LogP contribution in [0.25, 0.3) is 6.08 Å². The first-order valence-electron chi connectivity index (χ1n) is 10.9. The van der Waals surface area contributed by atoms with Crippen LogP contribution in [0.3, 0.4) is 0 Å². The summed E-state index contributed by atoms with van der Waals surface area (Å²) >= 11 is 1.17. The average molecular weight is 493 g/mol. The van der Waals surface area contributed by atoms with Gasteiger partial charge in [-0.15, -0.1) is 0 Å². The number of carbonyl (C=O) groups excluding carboxylic acids is 1. The Labute approximate surface area is 205 Å². The van der Waals surface area contributed by atoms with Gasteiger partial charge in [-0.25, -0.2) is 9.79 Å². The van der Waals surface area contributed by atoms with E-state index in [1.165, 1.54) is 28.0 Å². The molecule has 0 unspecified atom stereocenters. The zero-order valence-corrected chi connectivity index (χ0v) is 20.5. The number of hydrogen-bond donors (Lipinski definition) is 0. The van der Waals surface area contributed by atoms with Crippen LogP contribution in [-0.2, 0) is 9.53 Å². The van der Waals surface area contributed by atoms with Crippen LogP contribution in [0.4, 0.5) is 11.4 Å². The summed E-state index contributed by atoms with van der Waals surface area (Å²) in [4.78, 5) is 44.2. The third-order valence-corrected chi connectivity index (χ3v) is 6.60. The smallest absolute Gasteiger partial charge is 0.338 e. The molecule has 0 saturated carbocycles. The van der Waals surface area contributed by atoms with E-state index in [9.17, 15) is 19.7 Å². The van der Waals surface area contributed by atoms with Gasteiger partial charge in [0.2, 0.25) is 0 Å².